The molecular weight excluding hydrogens is 509 g/mol. The quantitative estimate of drug-likeness (QED) is 0.218. The van der Waals surface area contributed by atoms with Gasteiger partial charge in [-0.3, -0.25) is 0 Å². The van der Waals surface area contributed by atoms with Crippen molar-refractivity contribution in [2.75, 3.05) is 0 Å². The molecule has 0 atom stereocenters. The van der Waals surface area contributed by atoms with Crippen molar-refractivity contribution in [2.45, 2.75) is 105 Å². The van der Waals surface area contributed by atoms with Crippen molar-refractivity contribution >= 4 is 19.9 Å². The summed E-state index contributed by atoms with van der Waals surface area (Å²) < 4.78 is 0. The SMILES string of the molecule is CC(C)(C)c1ccc(-c2ccc(C(C)(C)C)cc2[SiH2]c2cc(C(C)(C)C)ccc2-c2ccc(C(C)(C)C)cc2)cc1. The monoisotopic (exact) mass is 560 g/mol. The van der Waals surface area contributed by atoms with Crippen molar-refractivity contribution in [3.63, 3.8) is 0 Å². The van der Waals surface area contributed by atoms with E-state index in [0.29, 0.717) is 0 Å². The second-order valence-corrected chi connectivity index (χ2v) is 18.0. The second kappa shape index (κ2) is 11.1. The van der Waals surface area contributed by atoms with Crippen molar-refractivity contribution in [2.24, 2.45) is 0 Å². The minimum absolute atomic E-state index is 0.108. The molecule has 0 unspecified atom stereocenters. The Morgan fingerprint density at radius 1 is 0.341 bits per heavy atom. The molecule has 0 N–H and O–H groups in total. The van der Waals surface area contributed by atoms with E-state index in [1.54, 1.807) is 0 Å². The molecule has 0 aliphatic rings. The van der Waals surface area contributed by atoms with Crippen LogP contribution in [0, 0.1) is 0 Å². The van der Waals surface area contributed by atoms with E-state index in [1.165, 1.54) is 54.9 Å². The van der Waals surface area contributed by atoms with Crippen LogP contribution in [0.3, 0.4) is 0 Å². The molecule has 41 heavy (non-hydrogen) atoms. The van der Waals surface area contributed by atoms with Gasteiger partial charge < -0.3 is 0 Å². The number of rotatable bonds is 4. The van der Waals surface area contributed by atoms with Crippen molar-refractivity contribution < 1.29 is 0 Å². The molecule has 0 saturated carbocycles. The Balaban J connectivity index is 1.88. The lowest BCUT2D eigenvalue weighted by molar-refractivity contribution is 0.590. The molecule has 0 amide bonds. The van der Waals surface area contributed by atoms with Crippen LogP contribution in [-0.4, -0.2) is 9.52 Å². The fourth-order valence-electron chi connectivity index (χ4n) is 5.48. The lowest BCUT2D eigenvalue weighted by Crippen LogP contribution is -2.32. The summed E-state index contributed by atoms with van der Waals surface area (Å²) in [7, 11) is -0.812. The maximum absolute atomic E-state index is 2.52. The maximum atomic E-state index is 2.52. The Morgan fingerprint density at radius 3 is 0.878 bits per heavy atom. The molecule has 4 rings (SSSR count). The van der Waals surface area contributed by atoms with Crippen molar-refractivity contribution in [3.05, 3.63) is 107 Å². The lowest BCUT2D eigenvalue weighted by atomic mass is 9.85. The largest absolute Gasteiger partial charge is 0.0891 e. The van der Waals surface area contributed by atoms with Gasteiger partial charge in [-0.1, -0.05) is 178 Å². The molecule has 216 valence electrons. The summed E-state index contributed by atoms with van der Waals surface area (Å²) in [5.74, 6) is 0. The van der Waals surface area contributed by atoms with Crippen LogP contribution in [0.4, 0.5) is 0 Å². The number of benzene rings is 4. The van der Waals surface area contributed by atoms with Crippen LogP contribution in [0.1, 0.15) is 105 Å². The van der Waals surface area contributed by atoms with Crippen LogP contribution >= 0.6 is 0 Å². The Kier molecular flexibility index (Phi) is 8.38. The van der Waals surface area contributed by atoms with E-state index in [4.69, 9.17) is 0 Å². The predicted molar refractivity (Wildman–Crippen MR) is 186 cm³/mol. The van der Waals surface area contributed by atoms with Gasteiger partial charge in [0.15, 0.2) is 0 Å². The smallest absolute Gasteiger partial charge is 0.0589 e. The molecule has 0 saturated heterocycles. The first kappa shape index (κ1) is 31.0. The molecule has 0 aliphatic heterocycles. The zero-order chi connectivity index (χ0) is 30.4. The van der Waals surface area contributed by atoms with Gasteiger partial charge in [0.2, 0.25) is 0 Å². The summed E-state index contributed by atoms with van der Waals surface area (Å²) in [4.78, 5) is 0. The van der Waals surface area contributed by atoms with E-state index < -0.39 is 9.52 Å². The number of hydrogen-bond donors (Lipinski definition) is 0. The summed E-state index contributed by atoms with van der Waals surface area (Å²) in [6, 6.07) is 33.1. The van der Waals surface area contributed by atoms with Gasteiger partial charge in [-0.2, -0.15) is 0 Å². The molecule has 1 heteroatoms. The van der Waals surface area contributed by atoms with E-state index in [1.807, 2.05) is 0 Å². The zero-order valence-electron chi connectivity index (χ0n) is 27.8. The molecule has 0 radical (unpaired) electrons. The van der Waals surface area contributed by atoms with E-state index in [0.717, 1.165) is 0 Å². The molecule has 0 nitrogen and oxygen atoms in total. The lowest BCUT2D eigenvalue weighted by Gasteiger charge is -2.24. The molecular formula is C40H52Si. The highest BCUT2D eigenvalue weighted by molar-refractivity contribution is 6.70. The molecule has 0 fully saturated rings. The normalized spacial score (nSPS) is 13.0. The van der Waals surface area contributed by atoms with Gasteiger partial charge in [-0.25, -0.2) is 0 Å². The molecule has 4 aromatic rings. The molecule has 0 spiro atoms. The highest BCUT2D eigenvalue weighted by Crippen LogP contribution is 2.30. The third-order valence-corrected chi connectivity index (χ3v) is 10.4. The summed E-state index contributed by atoms with van der Waals surface area (Å²) in [6.45, 7) is 27.7. The Labute approximate surface area is 253 Å². The van der Waals surface area contributed by atoms with E-state index >= 15 is 0 Å². The minimum Gasteiger partial charge on any atom is -0.0589 e. The second-order valence-electron chi connectivity index (χ2n) is 16.1. The van der Waals surface area contributed by atoms with Gasteiger partial charge in [0.1, 0.15) is 0 Å². The summed E-state index contributed by atoms with van der Waals surface area (Å²) in [6.07, 6.45) is 0. The van der Waals surface area contributed by atoms with Crippen molar-refractivity contribution in [1.82, 2.24) is 0 Å². The highest BCUT2D eigenvalue weighted by atomic mass is 28.2. The van der Waals surface area contributed by atoms with Crippen LogP contribution in [0.25, 0.3) is 22.3 Å². The van der Waals surface area contributed by atoms with Crippen LogP contribution in [-0.2, 0) is 21.7 Å². The van der Waals surface area contributed by atoms with E-state index in [2.05, 4.69) is 168 Å². The third kappa shape index (κ3) is 7.30. The average molecular weight is 561 g/mol. The van der Waals surface area contributed by atoms with Crippen LogP contribution < -0.4 is 10.4 Å². The van der Waals surface area contributed by atoms with E-state index in [9.17, 15) is 0 Å². The van der Waals surface area contributed by atoms with Crippen molar-refractivity contribution in [3.8, 4) is 22.3 Å². The van der Waals surface area contributed by atoms with Gasteiger partial charge in [0, 0.05) is 0 Å². The molecule has 0 bridgehead atoms. The van der Waals surface area contributed by atoms with Gasteiger partial charge in [0.05, 0.1) is 9.52 Å². The first-order chi connectivity index (χ1) is 18.8. The van der Waals surface area contributed by atoms with Gasteiger partial charge in [-0.15, -0.1) is 0 Å². The summed E-state index contributed by atoms with van der Waals surface area (Å²) >= 11 is 0. The Bertz CT molecular complexity index is 1370. The van der Waals surface area contributed by atoms with Gasteiger partial charge in [-0.05, 0) is 66.2 Å². The molecule has 0 heterocycles. The minimum atomic E-state index is -0.812. The average Bonchev–Trinajstić information content (AvgIpc) is 2.87. The first-order valence-corrected chi connectivity index (χ1v) is 16.7. The Morgan fingerprint density at radius 2 is 0.610 bits per heavy atom. The van der Waals surface area contributed by atoms with Gasteiger partial charge >= 0.3 is 0 Å². The third-order valence-electron chi connectivity index (χ3n) is 8.45. The predicted octanol–water partition coefficient (Wildman–Crippen LogP) is 9.33. The van der Waals surface area contributed by atoms with Crippen molar-refractivity contribution in [1.29, 1.82) is 0 Å². The maximum Gasteiger partial charge on any atom is 0.0891 e. The standard InChI is InChI=1S/C40H52Si/c1-37(2,3)29-17-13-27(14-18-29)33-23-21-31(39(7,8)9)25-35(33)41-36-26-32(40(10,11)12)22-24-34(36)28-15-19-30(20-16-28)38(4,5)6/h13-26H,41H2,1-12H3. The fraction of sp³-hybridized carbons (Fsp3) is 0.400. The molecule has 0 aromatic heterocycles. The van der Waals surface area contributed by atoms with E-state index in [-0.39, 0.29) is 21.7 Å². The van der Waals surface area contributed by atoms with Crippen LogP contribution in [0.2, 0.25) is 0 Å². The van der Waals surface area contributed by atoms with Gasteiger partial charge in [0.25, 0.3) is 0 Å². The number of hydrogen-bond acceptors (Lipinski definition) is 0. The molecule has 0 aliphatic carbocycles. The first-order valence-electron chi connectivity index (χ1n) is 15.3. The Hall–Kier alpha value is -2.90. The van der Waals surface area contributed by atoms with Crippen LogP contribution in [0.5, 0.6) is 0 Å². The van der Waals surface area contributed by atoms with Crippen LogP contribution in [0.15, 0.2) is 84.9 Å². The summed E-state index contributed by atoms with van der Waals surface area (Å²) in [5.41, 5.74) is 11.5. The fourth-order valence-corrected chi connectivity index (χ4v) is 7.56. The zero-order valence-corrected chi connectivity index (χ0v) is 29.2. The highest BCUT2D eigenvalue weighted by Gasteiger charge is 2.21. The molecule has 4 aromatic carbocycles. The topological polar surface area (TPSA) is 0 Å². The summed E-state index contributed by atoms with van der Waals surface area (Å²) in [5, 5.41) is 3.05.